The Morgan fingerprint density at radius 3 is 2.50 bits per heavy atom. The van der Waals surface area contributed by atoms with Crippen LogP contribution in [0.2, 0.25) is 0 Å². The molecule has 2 aromatic carbocycles. The molecule has 0 radical (unpaired) electrons. The molecule has 0 fully saturated rings. The predicted octanol–water partition coefficient (Wildman–Crippen LogP) is 4.62. The largest absolute Gasteiger partial charge is 0.310 e. The summed E-state index contributed by atoms with van der Waals surface area (Å²) in [7, 11) is 0. The van der Waals surface area contributed by atoms with Crippen LogP contribution in [-0.4, -0.2) is 6.54 Å². The highest BCUT2D eigenvalue weighted by Crippen LogP contribution is 2.21. The summed E-state index contributed by atoms with van der Waals surface area (Å²) >= 11 is 3.35. The van der Waals surface area contributed by atoms with E-state index in [-0.39, 0.29) is 17.7 Å². The second-order valence-corrected chi connectivity index (χ2v) is 5.63. The van der Waals surface area contributed by atoms with Crippen LogP contribution in [0.15, 0.2) is 46.9 Å². The van der Waals surface area contributed by atoms with Crippen LogP contribution in [0.25, 0.3) is 0 Å². The first-order valence-electron chi connectivity index (χ1n) is 6.49. The second kappa shape index (κ2) is 6.95. The Morgan fingerprint density at radius 2 is 1.80 bits per heavy atom. The lowest BCUT2D eigenvalue weighted by molar-refractivity contribution is 0.530. The van der Waals surface area contributed by atoms with Crippen LogP contribution < -0.4 is 5.32 Å². The summed E-state index contributed by atoms with van der Waals surface area (Å²) in [5, 5.41) is 3.28. The summed E-state index contributed by atoms with van der Waals surface area (Å²) in [4.78, 5) is 0. The monoisotopic (exact) mass is 339 g/mol. The van der Waals surface area contributed by atoms with Crippen LogP contribution in [0.5, 0.6) is 0 Å². The number of rotatable bonds is 5. The van der Waals surface area contributed by atoms with Crippen LogP contribution >= 0.6 is 15.9 Å². The minimum atomic E-state index is -0.230. The lowest BCUT2D eigenvalue weighted by atomic mass is 10.1. The van der Waals surface area contributed by atoms with Gasteiger partial charge in [0.15, 0.2) is 0 Å². The molecule has 0 heterocycles. The van der Waals surface area contributed by atoms with E-state index in [1.165, 1.54) is 18.2 Å². The molecule has 20 heavy (non-hydrogen) atoms. The maximum absolute atomic E-state index is 13.7. The average Bonchev–Trinajstić information content (AvgIpc) is 2.43. The van der Waals surface area contributed by atoms with Gasteiger partial charge in [0.25, 0.3) is 0 Å². The van der Waals surface area contributed by atoms with E-state index in [2.05, 4.69) is 21.2 Å². The number of benzene rings is 2. The number of nitrogens with one attached hydrogen (secondary N) is 1. The van der Waals surface area contributed by atoms with Gasteiger partial charge in [0, 0.05) is 16.1 Å². The fourth-order valence-corrected chi connectivity index (χ4v) is 2.42. The van der Waals surface area contributed by atoms with Gasteiger partial charge >= 0.3 is 0 Å². The molecule has 2 aromatic rings. The summed E-state index contributed by atoms with van der Waals surface area (Å²) in [6, 6.07) is 11.3. The van der Waals surface area contributed by atoms with Crippen molar-refractivity contribution in [3.8, 4) is 0 Å². The standard InChI is InChI=1S/C16H16BrF2N/c1-11(15-10-13(17)4-7-16(15)19)20-9-8-12-2-5-14(18)6-3-12/h2-7,10-11,20H,8-9H2,1H3. The number of hydrogen-bond donors (Lipinski definition) is 1. The van der Waals surface area contributed by atoms with Gasteiger partial charge in [0.2, 0.25) is 0 Å². The van der Waals surface area contributed by atoms with E-state index >= 15 is 0 Å². The molecule has 1 N–H and O–H groups in total. The van der Waals surface area contributed by atoms with Crippen molar-refractivity contribution in [2.75, 3.05) is 6.54 Å². The van der Waals surface area contributed by atoms with E-state index in [1.54, 1.807) is 24.3 Å². The smallest absolute Gasteiger partial charge is 0.128 e. The highest BCUT2D eigenvalue weighted by atomic mass is 79.9. The SMILES string of the molecule is CC(NCCc1ccc(F)cc1)c1cc(Br)ccc1F. The third kappa shape index (κ3) is 4.12. The molecule has 2 rings (SSSR count). The van der Waals surface area contributed by atoms with E-state index in [9.17, 15) is 8.78 Å². The molecule has 1 atom stereocenters. The molecule has 0 saturated heterocycles. The quantitative estimate of drug-likeness (QED) is 0.837. The summed E-state index contributed by atoms with van der Waals surface area (Å²) in [5.41, 5.74) is 1.69. The van der Waals surface area contributed by atoms with Crippen LogP contribution in [0.4, 0.5) is 8.78 Å². The topological polar surface area (TPSA) is 12.0 Å². The van der Waals surface area contributed by atoms with Crippen molar-refractivity contribution in [1.82, 2.24) is 5.32 Å². The summed E-state index contributed by atoms with van der Waals surface area (Å²) in [6.07, 6.45) is 0.778. The van der Waals surface area contributed by atoms with Crippen molar-refractivity contribution in [2.45, 2.75) is 19.4 Å². The van der Waals surface area contributed by atoms with Gasteiger partial charge in [-0.15, -0.1) is 0 Å². The van der Waals surface area contributed by atoms with Gasteiger partial charge in [0.05, 0.1) is 0 Å². The molecule has 0 aromatic heterocycles. The molecule has 1 unspecified atom stereocenters. The van der Waals surface area contributed by atoms with Crippen LogP contribution in [0, 0.1) is 11.6 Å². The van der Waals surface area contributed by atoms with Gasteiger partial charge in [-0.1, -0.05) is 28.1 Å². The number of hydrogen-bond acceptors (Lipinski definition) is 1. The van der Waals surface area contributed by atoms with E-state index in [1.807, 2.05) is 6.92 Å². The zero-order valence-corrected chi connectivity index (χ0v) is 12.8. The van der Waals surface area contributed by atoms with E-state index in [0.717, 1.165) is 16.5 Å². The van der Waals surface area contributed by atoms with Gasteiger partial charge < -0.3 is 5.32 Å². The summed E-state index contributed by atoms with van der Waals surface area (Å²) in [5.74, 6) is -0.443. The average molecular weight is 340 g/mol. The van der Waals surface area contributed by atoms with Crippen molar-refractivity contribution in [1.29, 1.82) is 0 Å². The first-order valence-corrected chi connectivity index (χ1v) is 7.28. The molecular formula is C16H16BrF2N. The molecule has 1 nitrogen and oxygen atoms in total. The maximum atomic E-state index is 13.7. The molecule has 0 aliphatic heterocycles. The van der Waals surface area contributed by atoms with Crippen LogP contribution in [-0.2, 0) is 6.42 Å². The van der Waals surface area contributed by atoms with Gasteiger partial charge in [-0.25, -0.2) is 8.78 Å². The lowest BCUT2D eigenvalue weighted by Crippen LogP contribution is -2.22. The molecule has 0 saturated carbocycles. The Hall–Kier alpha value is -1.26. The maximum Gasteiger partial charge on any atom is 0.128 e. The van der Waals surface area contributed by atoms with Crippen LogP contribution in [0.3, 0.4) is 0 Å². The van der Waals surface area contributed by atoms with Gasteiger partial charge in [-0.2, -0.15) is 0 Å². The highest BCUT2D eigenvalue weighted by Gasteiger charge is 2.10. The van der Waals surface area contributed by atoms with E-state index < -0.39 is 0 Å². The third-order valence-corrected chi connectivity index (χ3v) is 3.70. The first-order chi connectivity index (χ1) is 9.56. The zero-order chi connectivity index (χ0) is 14.5. The Labute approximate surface area is 126 Å². The normalized spacial score (nSPS) is 12.4. The molecule has 0 spiro atoms. The van der Waals surface area contributed by atoms with Crippen LogP contribution in [0.1, 0.15) is 24.1 Å². The Balaban J connectivity index is 1.90. The molecular weight excluding hydrogens is 324 g/mol. The van der Waals surface area contributed by atoms with Crippen molar-refractivity contribution < 1.29 is 8.78 Å². The first kappa shape index (κ1) is 15.1. The highest BCUT2D eigenvalue weighted by molar-refractivity contribution is 9.10. The molecule has 106 valence electrons. The molecule has 0 aliphatic carbocycles. The molecule has 0 bridgehead atoms. The van der Waals surface area contributed by atoms with Gasteiger partial charge in [-0.05, 0) is 55.8 Å². The van der Waals surface area contributed by atoms with Gasteiger partial charge in [-0.3, -0.25) is 0 Å². The predicted molar refractivity (Wildman–Crippen MR) is 80.6 cm³/mol. The summed E-state index contributed by atoms with van der Waals surface area (Å²) in [6.45, 7) is 2.63. The van der Waals surface area contributed by atoms with Crippen molar-refractivity contribution in [3.63, 3.8) is 0 Å². The van der Waals surface area contributed by atoms with Gasteiger partial charge in [0.1, 0.15) is 11.6 Å². The van der Waals surface area contributed by atoms with E-state index in [4.69, 9.17) is 0 Å². The minimum Gasteiger partial charge on any atom is -0.310 e. The number of halogens is 3. The fourth-order valence-electron chi connectivity index (χ4n) is 2.04. The molecule has 4 heteroatoms. The summed E-state index contributed by atoms with van der Waals surface area (Å²) < 4.78 is 27.4. The fraction of sp³-hybridized carbons (Fsp3) is 0.250. The Kier molecular flexibility index (Phi) is 5.26. The Bertz CT molecular complexity index is 569. The minimum absolute atomic E-state index is 0.0760. The second-order valence-electron chi connectivity index (χ2n) is 4.72. The molecule has 0 aliphatic rings. The third-order valence-electron chi connectivity index (χ3n) is 3.20. The van der Waals surface area contributed by atoms with Crippen molar-refractivity contribution >= 4 is 15.9 Å². The van der Waals surface area contributed by atoms with E-state index in [0.29, 0.717) is 12.1 Å². The lowest BCUT2D eigenvalue weighted by Gasteiger charge is -2.15. The van der Waals surface area contributed by atoms with Crippen molar-refractivity contribution in [2.24, 2.45) is 0 Å². The Morgan fingerprint density at radius 1 is 1.10 bits per heavy atom. The zero-order valence-electron chi connectivity index (χ0n) is 11.2. The molecule has 0 amide bonds. The van der Waals surface area contributed by atoms with Crippen molar-refractivity contribution in [3.05, 3.63) is 69.7 Å².